The van der Waals surface area contributed by atoms with Crippen LogP contribution in [0.5, 0.6) is 5.75 Å². The standard InChI is InChI=1S/C12H12O2/c13-7-9-2-1-8-3-4-11-10(12(8)9)5-6-14-11/h3-4,7,9H,1-2,5-6H2. The van der Waals surface area contributed by atoms with Gasteiger partial charge < -0.3 is 9.53 Å². The second-order valence-electron chi connectivity index (χ2n) is 3.99. The van der Waals surface area contributed by atoms with Gasteiger partial charge in [0.1, 0.15) is 12.0 Å². The lowest BCUT2D eigenvalue weighted by Gasteiger charge is -2.08. The fraction of sp³-hybridized carbons (Fsp3) is 0.417. The van der Waals surface area contributed by atoms with Gasteiger partial charge in [0.2, 0.25) is 0 Å². The molecule has 0 saturated carbocycles. The van der Waals surface area contributed by atoms with E-state index in [1.54, 1.807) is 0 Å². The average Bonchev–Trinajstić information content (AvgIpc) is 2.82. The van der Waals surface area contributed by atoms with Gasteiger partial charge in [-0.25, -0.2) is 0 Å². The Labute approximate surface area is 82.9 Å². The van der Waals surface area contributed by atoms with Crippen molar-refractivity contribution in [3.05, 3.63) is 28.8 Å². The average molecular weight is 188 g/mol. The Balaban J connectivity index is 2.20. The topological polar surface area (TPSA) is 26.3 Å². The zero-order valence-electron chi connectivity index (χ0n) is 7.95. The molecule has 0 fully saturated rings. The van der Waals surface area contributed by atoms with Crippen molar-refractivity contribution in [3.63, 3.8) is 0 Å². The summed E-state index contributed by atoms with van der Waals surface area (Å²) in [5.74, 6) is 1.12. The number of hydrogen-bond donors (Lipinski definition) is 0. The molecule has 1 aliphatic carbocycles. The van der Waals surface area contributed by atoms with Crippen LogP contribution in [0.2, 0.25) is 0 Å². The summed E-state index contributed by atoms with van der Waals surface area (Å²) in [6.45, 7) is 0.775. The first kappa shape index (κ1) is 8.04. The minimum absolute atomic E-state index is 0.127. The third kappa shape index (κ3) is 0.939. The highest BCUT2D eigenvalue weighted by Crippen LogP contribution is 2.40. The van der Waals surface area contributed by atoms with E-state index in [0.717, 1.165) is 37.9 Å². The van der Waals surface area contributed by atoms with Gasteiger partial charge in [-0.15, -0.1) is 0 Å². The molecule has 72 valence electrons. The number of carbonyl (C=O) groups is 1. The van der Waals surface area contributed by atoms with Gasteiger partial charge in [0, 0.05) is 17.9 Å². The molecular formula is C12H12O2. The Morgan fingerprint density at radius 1 is 1.36 bits per heavy atom. The van der Waals surface area contributed by atoms with Crippen molar-refractivity contribution < 1.29 is 9.53 Å². The van der Waals surface area contributed by atoms with Crippen molar-refractivity contribution in [1.29, 1.82) is 0 Å². The number of fused-ring (bicyclic) bond motifs is 3. The van der Waals surface area contributed by atoms with Crippen LogP contribution in [-0.2, 0) is 17.6 Å². The number of aryl methyl sites for hydroxylation is 1. The van der Waals surface area contributed by atoms with Crippen LogP contribution in [0.4, 0.5) is 0 Å². The maximum absolute atomic E-state index is 10.9. The molecule has 0 radical (unpaired) electrons. The second-order valence-corrected chi connectivity index (χ2v) is 3.99. The molecule has 0 saturated heterocycles. The molecule has 1 atom stereocenters. The zero-order chi connectivity index (χ0) is 9.54. The number of carbonyl (C=O) groups excluding carboxylic acids is 1. The zero-order valence-corrected chi connectivity index (χ0v) is 7.95. The molecule has 0 amide bonds. The lowest BCUT2D eigenvalue weighted by molar-refractivity contribution is -0.109. The lowest BCUT2D eigenvalue weighted by atomic mass is 9.95. The molecule has 1 unspecified atom stereocenters. The third-order valence-corrected chi connectivity index (χ3v) is 3.27. The maximum Gasteiger partial charge on any atom is 0.127 e. The first-order chi connectivity index (χ1) is 6.90. The molecule has 0 spiro atoms. The summed E-state index contributed by atoms with van der Waals surface area (Å²) in [6, 6.07) is 4.16. The van der Waals surface area contributed by atoms with Gasteiger partial charge in [0.15, 0.2) is 0 Å². The quantitative estimate of drug-likeness (QED) is 0.629. The smallest absolute Gasteiger partial charge is 0.127 e. The predicted molar refractivity (Wildman–Crippen MR) is 52.8 cm³/mol. The first-order valence-corrected chi connectivity index (χ1v) is 5.13. The fourth-order valence-corrected chi connectivity index (χ4v) is 2.62. The minimum Gasteiger partial charge on any atom is -0.493 e. The van der Waals surface area contributed by atoms with Crippen molar-refractivity contribution in [3.8, 4) is 5.75 Å². The highest BCUT2D eigenvalue weighted by atomic mass is 16.5. The molecule has 0 aromatic heterocycles. The molecule has 0 N–H and O–H groups in total. The third-order valence-electron chi connectivity index (χ3n) is 3.27. The van der Waals surface area contributed by atoms with Gasteiger partial charge >= 0.3 is 0 Å². The molecule has 2 aliphatic rings. The first-order valence-electron chi connectivity index (χ1n) is 5.13. The monoisotopic (exact) mass is 188 g/mol. The highest BCUT2D eigenvalue weighted by molar-refractivity contribution is 5.68. The molecule has 3 rings (SSSR count). The number of hydrogen-bond acceptors (Lipinski definition) is 2. The van der Waals surface area contributed by atoms with E-state index in [1.807, 2.05) is 6.07 Å². The van der Waals surface area contributed by atoms with E-state index in [0.29, 0.717) is 0 Å². The molecule has 1 aromatic carbocycles. The Bertz CT molecular complexity index is 396. The molecule has 2 nitrogen and oxygen atoms in total. The highest BCUT2D eigenvalue weighted by Gasteiger charge is 2.28. The van der Waals surface area contributed by atoms with Crippen molar-refractivity contribution in [1.82, 2.24) is 0 Å². The van der Waals surface area contributed by atoms with Crippen molar-refractivity contribution in [2.45, 2.75) is 25.2 Å². The Morgan fingerprint density at radius 2 is 2.29 bits per heavy atom. The molecule has 14 heavy (non-hydrogen) atoms. The van der Waals surface area contributed by atoms with Gasteiger partial charge in [0.25, 0.3) is 0 Å². The van der Waals surface area contributed by atoms with E-state index in [4.69, 9.17) is 4.74 Å². The molecule has 1 aromatic rings. The van der Waals surface area contributed by atoms with Crippen LogP contribution in [0.3, 0.4) is 0 Å². The number of benzene rings is 1. The second kappa shape index (κ2) is 2.84. The molecule has 1 heterocycles. The van der Waals surface area contributed by atoms with E-state index in [1.165, 1.54) is 16.7 Å². The summed E-state index contributed by atoms with van der Waals surface area (Å²) >= 11 is 0. The van der Waals surface area contributed by atoms with E-state index in [2.05, 4.69) is 6.07 Å². The fourth-order valence-electron chi connectivity index (χ4n) is 2.62. The molecule has 2 heteroatoms. The van der Waals surface area contributed by atoms with Crippen LogP contribution in [-0.4, -0.2) is 12.9 Å². The number of ether oxygens (including phenoxy) is 1. The van der Waals surface area contributed by atoms with Crippen LogP contribution >= 0.6 is 0 Å². The van der Waals surface area contributed by atoms with Crippen LogP contribution in [0, 0.1) is 0 Å². The van der Waals surface area contributed by atoms with E-state index in [9.17, 15) is 4.79 Å². The predicted octanol–water partition coefficient (Wildman–Crippen LogP) is 1.85. The van der Waals surface area contributed by atoms with E-state index in [-0.39, 0.29) is 5.92 Å². The normalized spacial score (nSPS) is 22.7. The number of aldehydes is 1. The van der Waals surface area contributed by atoms with Gasteiger partial charge in [-0.1, -0.05) is 6.07 Å². The largest absolute Gasteiger partial charge is 0.493 e. The number of rotatable bonds is 1. The summed E-state index contributed by atoms with van der Waals surface area (Å²) < 4.78 is 5.50. The van der Waals surface area contributed by atoms with Gasteiger partial charge in [-0.05, 0) is 30.0 Å². The Morgan fingerprint density at radius 3 is 3.14 bits per heavy atom. The van der Waals surface area contributed by atoms with Crippen LogP contribution in [0.15, 0.2) is 12.1 Å². The van der Waals surface area contributed by atoms with Crippen LogP contribution < -0.4 is 4.74 Å². The van der Waals surface area contributed by atoms with E-state index < -0.39 is 0 Å². The van der Waals surface area contributed by atoms with Gasteiger partial charge in [0.05, 0.1) is 6.61 Å². The van der Waals surface area contributed by atoms with Crippen molar-refractivity contribution >= 4 is 6.29 Å². The summed E-state index contributed by atoms with van der Waals surface area (Å²) in [5.41, 5.74) is 3.92. The summed E-state index contributed by atoms with van der Waals surface area (Å²) in [6.07, 6.45) is 4.09. The van der Waals surface area contributed by atoms with Crippen LogP contribution in [0.1, 0.15) is 29.0 Å². The summed E-state index contributed by atoms with van der Waals surface area (Å²) in [4.78, 5) is 10.9. The minimum atomic E-state index is 0.127. The van der Waals surface area contributed by atoms with Crippen molar-refractivity contribution in [2.24, 2.45) is 0 Å². The van der Waals surface area contributed by atoms with Gasteiger partial charge in [-0.2, -0.15) is 0 Å². The molecule has 0 bridgehead atoms. The summed E-state index contributed by atoms with van der Waals surface area (Å²) in [5, 5.41) is 0. The lowest BCUT2D eigenvalue weighted by Crippen LogP contribution is -1.98. The maximum atomic E-state index is 10.9. The van der Waals surface area contributed by atoms with E-state index >= 15 is 0 Å². The molecular weight excluding hydrogens is 176 g/mol. The summed E-state index contributed by atoms with van der Waals surface area (Å²) in [7, 11) is 0. The van der Waals surface area contributed by atoms with Gasteiger partial charge in [-0.3, -0.25) is 0 Å². The van der Waals surface area contributed by atoms with Crippen LogP contribution in [0.25, 0.3) is 0 Å². The Hall–Kier alpha value is -1.31. The Kier molecular flexibility index (Phi) is 1.63. The SMILES string of the molecule is O=CC1CCc2ccc3c(c21)CCO3. The molecule has 1 aliphatic heterocycles. The van der Waals surface area contributed by atoms with Crippen molar-refractivity contribution in [2.75, 3.05) is 6.61 Å².